The van der Waals surface area contributed by atoms with Crippen molar-refractivity contribution in [2.45, 2.75) is 57.9 Å². The van der Waals surface area contributed by atoms with Gasteiger partial charge in [0.25, 0.3) is 0 Å². The third-order valence-electron chi connectivity index (χ3n) is 5.73. The van der Waals surface area contributed by atoms with E-state index in [1.165, 1.54) is 38.5 Å². The maximum atomic E-state index is 2.40. The summed E-state index contributed by atoms with van der Waals surface area (Å²) >= 11 is 2.40. The van der Waals surface area contributed by atoms with Crippen LogP contribution in [0.3, 0.4) is 0 Å². The summed E-state index contributed by atoms with van der Waals surface area (Å²) in [5.74, 6) is 0.963. The monoisotopic (exact) mass is 448 g/mol. The van der Waals surface area contributed by atoms with Gasteiger partial charge in [-0.15, -0.1) is 0 Å². The van der Waals surface area contributed by atoms with Crippen LogP contribution < -0.4 is 42.4 Å². The molecule has 0 N–H and O–H groups in total. The first-order valence-corrected chi connectivity index (χ1v) is 11.1. The van der Waals surface area contributed by atoms with Crippen molar-refractivity contribution in [3.8, 4) is 0 Å². The largest absolute Gasteiger partial charge is 1.00 e. The van der Waals surface area contributed by atoms with Crippen molar-refractivity contribution in [1.29, 1.82) is 0 Å². The molecule has 1 aromatic rings. The number of benzene rings is 1. The Hall–Kier alpha value is 0.501. The van der Waals surface area contributed by atoms with Crippen molar-refractivity contribution in [3.63, 3.8) is 0 Å². The van der Waals surface area contributed by atoms with E-state index in [-0.39, 0.29) is 46.7 Å². The zero-order valence-electron chi connectivity index (χ0n) is 15.1. The van der Waals surface area contributed by atoms with E-state index in [9.17, 15) is 0 Å². The minimum atomic E-state index is -0.256. The molecule has 0 saturated heterocycles. The van der Waals surface area contributed by atoms with Gasteiger partial charge in [0.2, 0.25) is 0 Å². The normalized spacial score (nSPS) is 21.2. The minimum Gasteiger partial charge on any atom is -1.00 e. The number of allylic oxidation sites excluding steroid dienone is 4. The van der Waals surface area contributed by atoms with Crippen molar-refractivity contribution >= 4 is 14.7 Å². The van der Waals surface area contributed by atoms with Crippen LogP contribution in [0.25, 0.3) is 0 Å². The van der Waals surface area contributed by atoms with Gasteiger partial charge < -0.3 is 37.2 Å². The maximum absolute atomic E-state index is 2.40. The van der Waals surface area contributed by atoms with Gasteiger partial charge in [-0.05, 0) is 0 Å². The Kier molecular flexibility index (Phi) is 12.3. The van der Waals surface area contributed by atoms with Crippen LogP contribution >= 0.6 is 0 Å². The van der Waals surface area contributed by atoms with Crippen LogP contribution in [0, 0.1) is 5.92 Å². The molecule has 1 fully saturated rings. The molecule has 0 radical (unpaired) electrons. The fourth-order valence-corrected chi connectivity index (χ4v) is 7.50. The van der Waals surface area contributed by atoms with Gasteiger partial charge in [-0.2, -0.15) is 0 Å². The van der Waals surface area contributed by atoms with Gasteiger partial charge >= 0.3 is 150 Å². The molecule has 0 spiro atoms. The molecule has 0 heterocycles. The van der Waals surface area contributed by atoms with Crippen LogP contribution in [-0.2, 0) is 20.4 Å². The van der Waals surface area contributed by atoms with Gasteiger partial charge in [-0.3, -0.25) is 0 Å². The van der Waals surface area contributed by atoms with E-state index in [1.54, 1.807) is 20.2 Å². The van der Waals surface area contributed by atoms with Gasteiger partial charge in [0, 0.05) is 0 Å². The molecule has 1 saturated carbocycles. The van der Waals surface area contributed by atoms with Crippen molar-refractivity contribution < 1.29 is 57.7 Å². The molecule has 1 unspecified atom stereocenters. The van der Waals surface area contributed by atoms with Crippen LogP contribution in [0.1, 0.15) is 52.4 Å². The molecule has 25 heavy (non-hydrogen) atoms. The van der Waals surface area contributed by atoms with Gasteiger partial charge in [0.05, 0.1) is 0 Å². The van der Waals surface area contributed by atoms with Crippen LogP contribution in [-0.4, -0.2) is 9.52 Å². The quantitative estimate of drug-likeness (QED) is 0.406. The second-order valence-corrected chi connectivity index (χ2v) is 10.0. The summed E-state index contributed by atoms with van der Waals surface area (Å²) in [4.78, 5) is 0. The molecule has 1 aromatic carbocycles. The Balaban J connectivity index is 0.00000192. The fraction of sp³-hybridized carbons (Fsp3) is 0.500. The SMILES string of the molecule is CC1=[C]([Ti+3])C([SiH2]c2ccccc2)C(CC2CCCCC2)=C1C.[Cl-].[Cl-].[Cl-]. The van der Waals surface area contributed by atoms with Crippen molar-refractivity contribution in [2.75, 3.05) is 0 Å². The Morgan fingerprint density at radius 3 is 2.12 bits per heavy atom. The summed E-state index contributed by atoms with van der Waals surface area (Å²) in [7, 11) is -0.256. The fourth-order valence-electron chi connectivity index (χ4n) is 4.21. The smallest absolute Gasteiger partial charge is 1.00 e. The number of halogens is 3. The first kappa shape index (κ1) is 25.5. The van der Waals surface area contributed by atoms with E-state index in [2.05, 4.69) is 64.6 Å². The summed E-state index contributed by atoms with van der Waals surface area (Å²) in [5, 5.41) is 1.62. The standard InChI is InChI=1S/C20H27Si.3ClH.Ti/c1-15-13-20(21-18-11-7-4-8-12-18)19(16(15)2)14-17-9-5-3-6-10-17;;;;/h4,7-8,11-12,17,20H,3,5-6,9-10,14,21H2,1-2H3;3*1H;/q;;;;+3/p-3. The molecular formula is C20H27Cl3SiTi. The molecule has 0 amide bonds. The van der Waals surface area contributed by atoms with E-state index < -0.39 is 0 Å². The molecule has 0 bridgehead atoms. The van der Waals surface area contributed by atoms with E-state index in [4.69, 9.17) is 0 Å². The topological polar surface area (TPSA) is 0 Å². The van der Waals surface area contributed by atoms with Crippen molar-refractivity contribution in [2.24, 2.45) is 5.92 Å². The second-order valence-electron chi connectivity index (χ2n) is 7.14. The van der Waals surface area contributed by atoms with Crippen LogP contribution in [0.5, 0.6) is 0 Å². The molecule has 2 aliphatic rings. The summed E-state index contributed by atoms with van der Waals surface area (Å²) in [6, 6.07) is 11.3. The average Bonchev–Trinajstić information content (AvgIpc) is 2.75. The first-order valence-electron chi connectivity index (χ1n) is 8.83. The third-order valence-corrected chi connectivity index (χ3v) is 9.75. The average molecular weight is 450 g/mol. The van der Waals surface area contributed by atoms with Crippen molar-refractivity contribution in [3.05, 3.63) is 50.9 Å². The van der Waals surface area contributed by atoms with Crippen LogP contribution in [0.4, 0.5) is 0 Å². The Morgan fingerprint density at radius 1 is 0.920 bits per heavy atom. The summed E-state index contributed by atoms with van der Waals surface area (Å²) in [6.07, 6.45) is 8.70. The van der Waals surface area contributed by atoms with Gasteiger partial charge in [-0.25, -0.2) is 0 Å². The van der Waals surface area contributed by atoms with E-state index in [0.29, 0.717) is 0 Å². The molecular weight excluding hydrogens is 423 g/mol. The minimum absolute atomic E-state index is 0. The Morgan fingerprint density at radius 2 is 1.52 bits per heavy atom. The van der Waals surface area contributed by atoms with Crippen LogP contribution in [0.2, 0.25) is 5.54 Å². The predicted molar refractivity (Wildman–Crippen MR) is 95.0 cm³/mol. The van der Waals surface area contributed by atoms with Gasteiger partial charge in [0.15, 0.2) is 0 Å². The zero-order valence-corrected chi connectivity index (χ0v) is 20.4. The van der Waals surface area contributed by atoms with Gasteiger partial charge in [-0.1, -0.05) is 0 Å². The van der Waals surface area contributed by atoms with Gasteiger partial charge in [0.1, 0.15) is 0 Å². The predicted octanol–water partition coefficient (Wildman–Crippen LogP) is -4.60. The second kappa shape index (κ2) is 12.1. The molecule has 136 valence electrons. The van der Waals surface area contributed by atoms with E-state index in [0.717, 1.165) is 11.5 Å². The molecule has 1 atom stereocenters. The van der Waals surface area contributed by atoms with Crippen LogP contribution in [0.15, 0.2) is 50.9 Å². The summed E-state index contributed by atoms with van der Waals surface area (Å²) in [5.41, 5.74) is 5.84. The number of rotatable bonds is 4. The Labute approximate surface area is 186 Å². The molecule has 2 aliphatic carbocycles. The summed E-state index contributed by atoms with van der Waals surface area (Å²) < 4.78 is 1.68. The van der Waals surface area contributed by atoms with Crippen molar-refractivity contribution in [1.82, 2.24) is 0 Å². The zero-order chi connectivity index (χ0) is 15.5. The number of hydrogen-bond acceptors (Lipinski definition) is 0. The number of hydrogen-bond donors (Lipinski definition) is 0. The molecule has 0 nitrogen and oxygen atoms in total. The molecule has 3 rings (SSSR count). The first-order chi connectivity index (χ1) is 10.7. The molecule has 0 aromatic heterocycles. The Bertz CT molecular complexity index is 592. The maximum Gasteiger partial charge on any atom is -1.00 e. The molecule has 5 heteroatoms. The van der Waals surface area contributed by atoms with E-state index in [1.807, 2.05) is 5.57 Å². The third kappa shape index (κ3) is 6.26. The summed E-state index contributed by atoms with van der Waals surface area (Å²) in [6.45, 7) is 4.74. The van der Waals surface area contributed by atoms with E-state index >= 15 is 0 Å². The molecule has 0 aliphatic heterocycles.